The zero-order valence-corrected chi connectivity index (χ0v) is 13.6. The molecular weight excluding hydrogens is 332 g/mol. The summed E-state index contributed by atoms with van der Waals surface area (Å²) in [7, 11) is 0. The third kappa shape index (κ3) is 3.49. The van der Waals surface area contributed by atoms with Gasteiger partial charge in [-0.25, -0.2) is 4.90 Å². The predicted molar refractivity (Wildman–Crippen MR) is 97.1 cm³/mol. The molecule has 0 saturated carbocycles. The van der Waals surface area contributed by atoms with Crippen LogP contribution in [0.5, 0.6) is 0 Å². The SMILES string of the molecule is O=C(c1ccccc1)N(C(=O)c1cccc([N+](=O)[O-])c1)c1ccccc1. The van der Waals surface area contributed by atoms with Gasteiger partial charge in [0.15, 0.2) is 0 Å². The van der Waals surface area contributed by atoms with E-state index in [1.165, 1.54) is 18.2 Å². The third-order valence-corrected chi connectivity index (χ3v) is 3.75. The average molecular weight is 346 g/mol. The van der Waals surface area contributed by atoms with Crippen LogP contribution in [-0.2, 0) is 0 Å². The Kier molecular flexibility index (Phi) is 4.85. The number of nitrogens with zero attached hydrogens (tertiary/aromatic N) is 2. The van der Waals surface area contributed by atoms with Crippen molar-refractivity contribution in [1.29, 1.82) is 0 Å². The first-order valence-corrected chi connectivity index (χ1v) is 7.81. The lowest BCUT2D eigenvalue weighted by molar-refractivity contribution is -0.384. The number of carbonyl (C=O) groups excluding carboxylic acids is 2. The van der Waals surface area contributed by atoms with E-state index in [4.69, 9.17) is 0 Å². The molecular formula is C20H14N2O4. The van der Waals surface area contributed by atoms with Crippen LogP contribution in [0.15, 0.2) is 84.9 Å². The van der Waals surface area contributed by atoms with Gasteiger partial charge in [-0.05, 0) is 30.3 Å². The highest BCUT2D eigenvalue weighted by Gasteiger charge is 2.26. The molecule has 6 nitrogen and oxygen atoms in total. The van der Waals surface area contributed by atoms with Crippen LogP contribution in [0, 0.1) is 10.1 Å². The number of hydrogen-bond acceptors (Lipinski definition) is 4. The molecule has 0 heterocycles. The van der Waals surface area contributed by atoms with Gasteiger partial charge in [0.05, 0.1) is 10.6 Å². The second kappa shape index (κ2) is 7.40. The molecule has 0 aliphatic rings. The van der Waals surface area contributed by atoms with Gasteiger partial charge in [-0.2, -0.15) is 0 Å². The quantitative estimate of drug-likeness (QED) is 0.405. The van der Waals surface area contributed by atoms with Gasteiger partial charge in [0.1, 0.15) is 0 Å². The number of nitro groups is 1. The number of nitro benzene ring substituents is 1. The largest absolute Gasteiger partial charge is 0.270 e. The molecule has 0 aliphatic heterocycles. The number of rotatable bonds is 4. The fourth-order valence-corrected chi connectivity index (χ4v) is 2.50. The maximum Gasteiger partial charge on any atom is 0.270 e. The second-order valence-corrected chi connectivity index (χ2v) is 5.45. The van der Waals surface area contributed by atoms with Gasteiger partial charge >= 0.3 is 0 Å². The minimum atomic E-state index is -0.631. The van der Waals surface area contributed by atoms with Crippen molar-refractivity contribution >= 4 is 23.2 Å². The maximum absolute atomic E-state index is 13.0. The molecule has 3 aromatic rings. The number of benzene rings is 3. The van der Waals surface area contributed by atoms with Crippen LogP contribution in [0.3, 0.4) is 0 Å². The zero-order valence-electron chi connectivity index (χ0n) is 13.6. The average Bonchev–Trinajstić information content (AvgIpc) is 2.69. The van der Waals surface area contributed by atoms with Crippen LogP contribution in [0.4, 0.5) is 11.4 Å². The number of anilines is 1. The summed E-state index contributed by atoms with van der Waals surface area (Å²) in [5, 5.41) is 11.0. The van der Waals surface area contributed by atoms with Gasteiger partial charge in [0, 0.05) is 23.3 Å². The van der Waals surface area contributed by atoms with Crippen LogP contribution in [-0.4, -0.2) is 16.7 Å². The van der Waals surface area contributed by atoms with Crippen molar-refractivity contribution in [3.63, 3.8) is 0 Å². The number of carbonyl (C=O) groups is 2. The van der Waals surface area contributed by atoms with E-state index < -0.39 is 16.7 Å². The standard InChI is InChI=1S/C20H14N2O4/c23-19(15-8-3-1-4-9-15)21(17-11-5-2-6-12-17)20(24)16-10-7-13-18(14-16)22(25)26/h1-14H. The highest BCUT2D eigenvalue weighted by molar-refractivity contribution is 6.25. The van der Waals surface area contributed by atoms with Crippen LogP contribution in [0.2, 0.25) is 0 Å². The predicted octanol–water partition coefficient (Wildman–Crippen LogP) is 4.08. The summed E-state index contributed by atoms with van der Waals surface area (Å²) in [6, 6.07) is 22.2. The topological polar surface area (TPSA) is 80.5 Å². The molecule has 0 fully saturated rings. The van der Waals surface area contributed by atoms with Crippen molar-refractivity contribution in [2.45, 2.75) is 0 Å². The summed E-state index contributed by atoms with van der Waals surface area (Å²) in [5.74, 6) is -1.14. The summed E-state index contributed by atoms with van der Waals surface area (Å²) in [5.41, 5.74) is 0.580. The van der Waals surface area contributed by atoms with Gasteiger partial charge in [-0.3, -0.25) is 19.7 Å². The Balaban J connectivity index is 2.06. The van der Waals surface area contributed by atoms with Crippen LogP contribution in [0.25, 0.3) is 0 Å². The number of para-hydroxylation sites is 1. The lowest BCUT2D eigenvalue weighted by Crippen LogP contribution is -2.37. The minimum Gasteiger partial charge on any atom is -0.268 e. The monoisotopic (exact) mass is 346 g/mol. The second-order valence-electron chi connectivity index (χ2n) is 5.45. The number of imide groups is 1. The van der Waals surface area contributed by atoms with Crippen molar-refractivity contribution in [1.82, 2.24) is 0 Å². The van der Waals surface area contributed by atoms with E-state index in [0.717, 1.165) is 11.0 Å². The first-order valence-electron chi connectivity index (χ1n) is 7.81. The van der Waals surface area contributed by atoms with Crippen molar-refractivity contribution in [3.05, 3.63) is 106 Å². The van der Waals surface area contributed by atoms with Gasteiger partial charge in [-0.15, -0.1) is 0 Å². The Labute approximate surface area is 149 Å². The van der Waals surface area contributed by atoms with Crippen LogP contribution < -0.4 is 4.90 Å². The van der Waals surface area contributed by atoms with E-state index in [1.807, 2.05) is 0 Å². The molecule has 6 heteroatoms. The van der Waals surface area contributed by atoms with Crippen molar-refractivity contribution < 1.29 is 14.5 Å². The van der Waals surface area contributed by atoms with Crippen molar-refractivity contribution in [2.24, 2.45) is 0 Å². The molecule has 26 heavy (non-hydrogen) atoms. The summed E-state index contributed by atoms with van der Waals surface area (Å²) >= 11 is 0. The van der Waals surface area contributed by atoms with Gasteiger partial charge in [0.2, 0.25) is 0 Å². The Bertz CT molecular complexity index is 956. The first-order chi connectivity index (χ1) is 12.6. The molecule has 0 aliphatic carbocycles. The number of non-ortho nitro benzene ring substituents is 1. The zero-order chi connectivity index (χ0) is 18.5. The molecule has 0 aromatic heterocycles. The van der Waals surface area contributed by atoms with E-state index in [-0.39, 0.29) is 11.3 Å². The Hall–Kier alpha value is -3.80. The van der Waals surface area contributed by atoms with Crippen molar-refractivity contribution in [3.8, 4) is 0 Å². The fraction of sp³-hybridized carbons (Fsp3) is 0. The van der Waals surface area contributed by atoms with E-state index in [1.54, 1.807) is 60.7 Å². The molecule has 0 spiro atoms. The molecule has 2 amide bonds. The summed E-state index contributed by atoms with van der Waals surface area (Å²) in [6.45, 7) is 0. The summed E-state index contributed by atoms with van der Waals surface area (Å²) in [6.07, 6.45) is 0. The van der Waals surface area contributed by atoms with Gasteiger partial charge < -0.3 is 0 Å². The molecule has 0 N–H and O–H groups in total. The Morgan fingerprint density at radius 3 is 1.88 bits per heavy atom. The lowest BCUT2D eigenvalue weighted by atomic mass is 10.1. The molecule has 0 saturated heterocycles. The molecule has 0 unspecified atom stereocenters. The molecule has 0 bridgehead atoms. The van der Waals surface area contributed by atoms with E-state index >= 15 is 0 Å². The van der Waals surface area contributed by atoms with Gasteiger partial charge in [-0.1, -0.05) is 42.5 Å². The highest BCUT2D eigenvalue weighted by Crippen LogP contribution is 2.22. The molecule has 3 rings (SSSR count). The highest BCUT2D eigenvalue weighted by atomic mass is 16.6. The lowest BCUT2D eigenvalue weighted by Gasteiger charge is -2.21. The number of amides is 2. The maximum atomic E-state index is 13.0. The summed E-state index contributed by atoms with van der Waals surface area (Å²) in [4.78, 5) is 37.4. The van der Waals surface area contributed by atoms with E-state index in [2.05, 4.69) is 0 Å². The van der Waals surface area contributed by atoms with E-state index in [0.29, 0.717) is 11.3 Å². The molecule has 3 aromatic carbocycles. The van der Waals surface area contributed by atoms with Crippen molar-refractivity contribution in [2.75, 3.05) is 4.90 Å². The van der Waals surface area contributed by atoms with Gasteiger partial charge in [0.25, 0.3) is 17.5 Å². The minimum absolute atomic E-state index is 0.0623. The smallest absolute Gasteiger partial charge is 0.268 e. The Morgan fingerprint density at radius 2 is 1.27 bits per heavy atom. The van der Waals surface area contributed by atoms with Crippen LogP contribution >= 0.6 is 0 Å². The Morgan fingerprint density at radius 1 is 0.731 bits per heavy atom. The third-order valence-electron chi connectivity index (χ3n) is 3.75. The number of hydrogen-bond donors (Lipinski definition) is 0. The first kappa shape index (κ1) is 17.0. The molecule has 0 atom stereocenters. The molecule has 128 valence electrons. The molecule has 0 radical (unpaired) electrons. The summed E-state index contributed by atoms with van der Waals surface area (Å²) < 4.78 is 0. The fourth-order valence-electron chi connectivity index (χ4n) is 2.50. The van der Waals surface area contributed by atoms with Crippen LogP contribution in [0.1, 0.15) is 20.7 Å². The normalized spacial score (nSPS) is 10.2. The van der Waals surface area contributed by atoms with E-state index in [9.17, 15) is 19.7 Å².